The Kier molecular flexibility index (Phi) is 5.78. The molecule has 0 spiro atoms. The molecule has 0 radical (unpaired) electrons. The van der Waals surface area contributed by atoms with Gasteiger partial charge in [-0.2, -0.15) is 0 Å². The van der Waals surface area contributed by atoms with Gasteiger partial charge in [-0.15, -0.1) is 0 Å². The third-order valence-electron chi connectivity index (χ3n) is 2.97. The average molecular weight is 252 g/mol. The molecule has 1 aromatic rings. The van der Waals surface area contributed by atoms with Crippen molar-refractivity contribution in [3.8, 4) is 0 Å². The summed E-state index contributed by atoms with van der Waals surface area (Å²) in [4.78, 5) is 13.8. The second-order valence-electron chi connectivity index (χ2n) is 4.54. The molecule has 3 nitrogen and oxygen atoms in total. The largest absolute Gasteiger partial charge is 0.342 e. The van der Waals surface area contributed by atoms with Crippen LogP contribution in [0.4, 0.5) is 4.39 Å². The fourth-order valence-corrected chi connectivity index (χ4v) is 1.80. The minimum atomic E-state index is -0.375. The molecule has 4 heteroatoms. The van der Waals surface area contributed by atoms with E-state index < -0.39 is 0 Å². The Balaban J connectivity index is 2.60. The van der Waals surface area contributed by atoms with Crippen LogP contribution in [0.1, 0.15) is 35.2 Å². The molecule has 0 fully saturated rings. The third kappa shape index (κ3) is 4.11. The van der Waals surface area contributed by atoms with E-state index in [1.165, 1.54) is 12.1 Å². The lowest BCUT2D eigenvalue weighted by Gasteiger charge is -2.18. The molecule has 2 N–H and O–H groups in total. The summed E-state index contributed by atoms with van der Waals surface area (Å²) in [5.41, 5.74) is 6.65. The van der Waals surface area contributed by atoms with Crippen LogP contribution < -0.4 is 5.73 Å². The van der Waals surface area contributed by atoms with Crippen molar-refractivity contribution in [3.05, 3.63) is 35.1 Å². The SMILES string of the molecule is Cc1ccc(F)cc1C(=O)N(C)CCCCCN. The zero-order valence-electron chi connectivity index (χ0n) is 11.1. The van der Waals surface area contributed by atoms with Gasteiger partial charge in [0.05, 0.1) is 0 Å². The lowest BCUT2D eigenvalue weighted by Crippen LogP contribution is -2.28. The molecule has 0 saturated carbocycles. The fourth-order valence-electron chi connectivity index (χ4n) is 1.80. The Hall–Kier alpha value is -1.42. The quantitative estimate of drug-likeness (QED) is 0.790. The van der Waals surface area contributed by atoms with Crippen LogP contribution in [-0.2, 0) is 0 Å². The molecule has 0 atom stereocenters. The number of benzene rings is 1. The number of hydrogen-bond acceptors (Lipinski definition) is 2. The molecule has 0 aliphatic heterocycles. The van der Waals surface area contributed by atoms with Gasteiger partial charge in [-0.25, -0.2) is 4.39 Å². The number of nitrogens with two attached hydrogens (primary N) is 1. The highest BCUT2D eigenvalue weighted by atomic mass is 19.1. The van der Waals surface area contributed by atoms with Crippen LogP contribution in [0.2, 0.25) is 0 Å². The third-order valence-corrected chi connectivity index (χ3v) is 2.97. The lowest BCUT2D eigenvalue weighted by atomic mass is 10.1. The number of carbonyl (C=O) groups is 1. The summed E-state index contributed by atoms with van der Waals surface area (Å²) in [7, 11) is 1.75. The van der Waals surface area contributed by atoms with Gasteiger partial charge in [-0.1, -0.05) is 12.5 Å². The van der Waals surface area contributed by atoms with E-state index >= 15 is 0 Å². The number of nitrogens with zero attached hydrogens (tertiary/aromatic N) is 1. The second-order valence-corrected chi connectivity index (χ2v) is 4.54. The van der Waals surface area contributed by atoms with Crippen molar-refractivity contribution in [2.75, 3.05) is 20.1 Å². The second kappa shape index (κ2) is 7.11. The molecule has 0 bridgehead atoms. The average Bonchev–Trinajstić information content (AvgIpc) is 2.36. The molecule has 100 valence electrons. The summed E-state index contributed by atoms with van der Waals surface area (Å²) < 4.78 is 13.1. The highest BCUT2D eigenvalue weighted by Crippen LogP contribution is 2.13. The van der Waals surface area contributed by atoms with Crippen LogP contribution in [0.3, 0.4) is 0 Å². The summed E-state index contributed by atoms with van der Waals surface area (Å²) in [5.74, 6) is -0.500. The van der Waals surface area contributed by atoms with E-state index in [-0.39, 0.29) is 11.7 Å². The zero-order chi connectivity index (χ0) is 13.5. The van der Waals surface area contributed by atoms with Gasteiger partial charge in [-0.05, 0) is 44.0 Å². The van der Waals surface area contributed by atoms with Gasteiger partial charge in [0.15, 0.2) is 0 Å². The summed E-state index contributed by atoms with van der Waals surface area (Å²) in [6.07, 6.45) is 2.91. The molecule has 1 aromatic carbocycles. The first-order valence-electron chi connectivity index (χ1n) is 6.28. The maximum Gasteiger partial charge on any atom is 0.253 e. The first-order chi connectivity index (χ1) is 8.56. The monoisotopic (exact) mass is 252 g/mol. The predicted molar refractivity (Wildman–Crippen MR) is 71.0 cm³/mol. The number of hydrogen-bond donors (Lipinski definition) is 1. The van der Waals surface area contributed by atoms with Crippen LogP contribution in [0.25, 0.3) is 0 Å². The Bertz CT molecular complexity index is 407. The molecule has 18 heavy (non-hydrogen) atoms. The molecule has 1 rings (SSSR count). The molecule has 0 unspecified atom stereocenters. The topological polar surface area (TPSA) is 46.3 Å². The Morgan fingerprint density at radius 3 is 2.72 bits per heavy atom. The van der Waals surface area contributed by atoms with E-state index in [0.717, 1.165) is 24.8 Å². The summed E-state index contributed by atoms with van der Waals surface area (Å²) >= 11 is 0. The van der Waals surface area contributed by atoms with Gasteiger partial charge < -0.3 is 10.6 Å². The van der Waals surface area contributed by atoms with Crippen molar-refractivity contribution in [3.63, 3.8) is 0 Å². The lowest BCUT2D eigenvalue weighted by molar-refractivity contribution is 0.0791. The Labute approximate surface area is 108 Å². The smallest absolute Gasteiger partial charge is 0.253 e. The fraction of sp³-hybridized carbons (Fsp3) is 0.500. The number of amides is 1. The standard InChI is InChI=1S/C14H21FN2O/c1-11-6-7-12(15)10-13(11)14(18)17(2)9-5-3-4-8-16/h6-7,10H,3-5,8-9,16H2,1-2H3. The number of unbranched alkanes of at least 4 members (excludes halogenated alkanes) is 2. The van der Waals surface area contributed by atoms with E-state index in [9.17, 15) is 9.18 Å². The Morgan fingerprint density at radius 2 is 2.06 bits per heavy atom. The van der Waals surface area contributed by atoms with Crippen molar-refractivity contribution in [2.24, 2.45) is 5.73 Å². The molecule has 0 saturated heterocycles. The molecular weight excluding hydrogens is 231 g/mol. The molecule has 1 amide bonds. The van der Waals surface area contributed by atoms with E-state index in [2.05, 4.69) is 0 Å². The Morgan fingerprint density at radius 1 is 1.33 bits per heavy atom. The molecule has 0 heterocycles. The van der Waals surface area contributed by atoms with E-state index in [1.807, 2.05) is 6.92 Å². The van der Waals surface area contributed by atoms with E-state index in [4.69, 9.17) is 5.73 Å². The van der Waals surface area contributed by atoms with Crippen LogP contribution in [0.15, 0.2) is 18.2 Å². The van der Waals surface area contributed by atoms with Gasteiger partial charge in [0.25, 0.3) is 5.91 Å². The number of aryl methyl sites for hydroxylation is 1. The highest BCUT2D eigenvalue weighted by molar-refractivity contribution is 5.95. The number of rotatable bonds is 6. The number of halogens is 1. The summed E-state index contributed by atoms with van der Waals surface area (Å²) in [6, 6.07) is 4.30. The summed E-state index contributed by atoms with van der Waals surface area (Å²) in [6.45, 7) is 3.17. The highest BCUT2D eigenvalue weighted by Gasteiger charge is 2.14. The first-order valence-corrected chi connectivity index (χ1v) is 6.28. The molecule has 0 aliphatic carbocycles. The van der Waals surface area contributed by atoms with Crippen LogP contribution in [0, 0.1) is 12.7 Å². The van der Waals surface area contributed by atoms with Gasteiger partial charge >= 0.3 is 0 Å². The zero-order valence-corrected chi connectivity index (χ0v) is 11.1. The maximum absolute atomic E-state index is 13.1. The maximum atomic E-state index is 13.1. The summed E-state index contributed by atoms with van der Waals surface area (Å²) in [5, 5.41) is 0. The predicted octanol–water partition coefficient (Wildman–Crippen LogP) is 2.34. The first kappa shape index (κ1) is 14.6. The molecule has 0 aromatic heterocycles. The molecular formula is C14H21FN2O. The van der Waals surface area contributed by atoms with Gasteiger partial charge in [0.1, 0.15) is 5.82 Å². The van der Waals surface area contributed by atoms with Crippen molar-refractivity contribution in [1.29, 1.82) is 0 Å². The van der Waals surface area contributed by atoms with Crippen molar-refractivity contribution < 1.29 is 9.18 Å². The van der Waals surface area contributed by atoms with Crippen LogP contribution >= 0.6 is 0 Å². The van der Waals surface area contributed by atoms with E-state index in [0.29, 0.717) is 18.7 Å². The van der Waals surface area contributed by atoms with Crippen molar-refractivity contribution >= 4 is 5.91 Å². The van der Waals surface area contributed by atoms with Gasteiger partial charge in [0.2, 0.25) is 0 Å². The van der Waals surface area contributed by atoms with Crippen molar-refractivity contribution in [1.82, 2.24) is 4.90 Å². The molecule has 0 aliphatic rings. The van der Waals surface area contributed by atoms with Crippen LogP contribution in [-0.4, -0.2) is 30.9 Å². The normalized spacial score (nSPS) is 10.4. The van der Waals surface area contributed by atoms with Gasteiger partial charge in [-0.3, -0.25) is 4.79 Å². The van der Waals surface area contributed by atoms with Crippen molar-refractivity contribution in [2.45, 2.75) is 26.2 Å². The minimum absolute atomic E-state index is 0.125. The van der Waals surface area contributed by atoms with Gasteiger partial charge in [0, 0.05) is 19.2 Å². The van der Waals surface area contributed by atoms with Crippen LogP contribution in [0.5, 0.6) is 0 Å². The number of carbonyl (C=O) groups excluding carboxylic acids is 1. The minimum Gasteiger partial charge on any atom is -0.342 e. The van der Waals surface area contributed by atoms with E-state index in [1.54, 1.807) is 18.0 Å².